The molecule has 3 N–H and O–H groups in total. The Morgan fingerprint density at radius 1 is 0.964 bits per heavy atom. The minimum absolute atomic E-state index is 0.0301. The van der Waals surface area contributed by atoms with Crippen molar-refractivity contribution in [3.05, 3.63) is 53.6 Å². The van der Waals surface area contributed by atoms with Crippen LogP contribution in [0.2, 0.25) is 0 Å². The number of nitrogens with one attached hydrogen (secondary N) is 1. The number of nitrogens with zero attached hydrogens (tertiary/aromatic N) is 1. The fraction of sp³-hybridized carbons (Fsp3) is 0.333. The molecule has 1 saturated heterocycles. The monoisotopic (exact) mass is 383 g/mol. The first-order chi connectivity index (χ1) is 13.5. The Balaban J connectivity index is 1.58. The van der Waals surface area contributed by atoms with Crippen molar-refractivity contribution in [2.75, 3.05) is 32.6 Å². The van der Waals surface area contributed by atoms with Gasteiger partial charge in [-0.1, -0.05) is 0 Å². The lowest BCUT2D eigenvalue weighted by Gasteiger charge is -2.33. The number of likely N-dealkylation sites (tertiary alicyclic amines) is 1. The molecule has 0 spiro atoms. The Kier molecular flexibility index (Phi) is 6.03. The fourth-order valence-electron chi connectivity index (χ4n) is 3.31. The van der Waals surface area contributed by atoms with E-state index in [9.17, 15) is 9.59 Å². The summed E-state index contributed by atoms with van der Waals surface area (Å²) in [7, 11) is 3.25. The molecule has 148 valence electrons. The summed E-state index contributed by atoms with van der Waals surface area (Å²) in [6.07, 6.45) is 1.68. The molecule has 0 atom stereocenters. The lowest BCUT2D eigenvalue weighted by Crippen LogP contribution is -2.42. The Morgan fingerprint density at radius 2 is 1.50 bits per heavy atom. The number of ether oxygens (including phenoxy) is 2. The molecule has 0 aliphatic carbocycles. The largest absolute Gasteiger partial charge is 0.497 e. The van der Waals surface area contributed by atoms with Crippen LogP contribution in [0.4, 0.5) is 5.69 Å². The highest BCUT2D eigenvalue weighted by molar-refractivity contribution is 5.97. The van der Waals surface area contributed by atoms with Gasteiger partial charge in [0, 0.05) is 54.1 Å². The number of carbonyl (C=O) groups is 2. The summed E-state index contributed by atoms with van der Waals surface area (Å²) in [5.41, 5.74) is 7.13. The van der Waals surface area contributed by atoms with Crippen molar-refractivity contribution in [3.63, 3.8) is 0 Å². The molecule has 2 aromatic carbocycles. The number of benzene rings is 2. The number of anilines is 1. The molecule has 7 heteroatoms. The highest BCUT2D eigenvalue weighted by Gasteiger charge is 2.24. The van der Waals surface area contributed by atoms with Gasteiger partial charge >= 0.3 is 0 Å². The number of methoxy groups -OCH3 is 2. The molecule has 7 nitrogen and oxygen atoms in total. The molecule has 0 unspecified atom stereocenters. The topological polar surface area (TPSA) is 93.9 Å². The molecular weight excluding hydrogens is 358 g/mol. The van der Waals surface area contributed by atoms with Crippen LogP contribution < -0.4 is 20.5 Å². The molecule has 1 heterocycles. The van der Waals surface area contributed by atoms with Crippen LogP contribution in [-0.4, -0.2) is 50.1 Å². The van der Waals surface area contributed by atoms with Crippen molar-refractivity contribution < 1.29 is 19.1 Å². The molecule has 0 saturated carbocycles. The molecule has 0 bridgehead atoms. The number of piperidine rings is 1. The van der Waals surface area contributed by atoms with Gasteiger partial charge in [-0.25, -0.2) is 0 Å². The number of hydrogen-bond donors (Lipinski definition) is 2. The van der Waals surface area contributed by atoms with Gasteiger partial charge in [0.2, 0.25) is 5.91 Å². The van der Waals surface area contributed by atoms with Gasteiger partial charge in [-0.3, -0.25) is 9.59 Å². The maximum atomic E-state index is 12.7. The van der Waals surface area contributed by atoms with Crippen molar-refractivity contribution in [3.8, 4) is 11.5 Å². The van der Waals surface area contributed by atoms with Gasteiger partial charge in [0.15, 0.2) is 0 Å². The zero-order chi connectivity index (χ0) is 20.1. The van der Waals surface area contributed by atoms with Gasteiger partial charge in [0.1, 0.15) is 11.5 Å². The Morgan fingerprint density at radius 3 is 2.00 bits per heavy atom. The third-order valence-corrected chi connectivity index (χ3v) is 4.92. The summed E-state index contributed by atoms with van der Waals surface area (Å²) in [5, 5.41) is 3.50. The smallest absolute Gasteiger partial charge is 0.253 e. The second-order valence-corrected chi connectivity index (χ2v) is 6.75. The maximum Gasteiger partial charge on any atom is 0.253 e. The third kappa shape index (κ3) is 4.54. The van der Waals surface area contributed by atoms with E-state index in [0.717, 1.165) is 30.0 Å². The zero-order valence-corrected chi connectivity index (χ0v) is 16.1. The van der Waals surface area contributed by atoms with Crippen molar-refractivity contribution in [2.45, 2.75) is 18.9 Å². The average Bonchev–Trinajstić information content (AvgIpc) is 2.73. The van der Waals surface area contributed by atoms with Crippen LogP contribution in [0.3, 0.4) is 0 Å². The highest BCUT2D eigenvalue weighted by Crippen LogP contribution is 2.27. The number of carbonyl (C=O) groups excluding carboxylic acids is 2. The minimum atomic E-state index is -0.500. The third-order valence-electron chi connectivity index (χ3n) is 4.92. The van der Waals surface area contributed by atoms with Crippen LogP contribution in [0.25, 0.3) is 0 Å². The lowest BCUT2D eigenvalue weighted by molar-refractivity contribution is 0.0718. The van der Waals surface area contributed by atoms with E-state index in [4.69, 9.17) is 15.2 Å². The lowest BCUT2D eigenvalue weighted by atomic mass is 10.0. The van der Waals surface area contributed by atoms with Crippen molar-refractivity contribution in [1.82, 2.24) is 4.90 Å². The summed E-state index contributed by atoms with van der Waals surface area (Å²) in [4.78, 5) is 25.7. The second-order valence-electron chi connectivity index (χ2n) is 6.75. The molecule has 1 aliphatic heterocycles. The predicted octanol–water partition coefficient (Wildman–Crippen LogP) is 2.52. The zero-order valence-electron chi connectivity index (χ0n) is 16.1. The fourth-order valence-corrected chi connectivity index (χ4v) is 3.31. The van der Waals surface area contributed by atoms with E-state index in [0.29, 0.717) is 24.2 Å². The summed E-state index contributed by atoms with van der Waals surface area (Å²) in [6.45, 7) is 1.32. The SMILES string of the molecule is COc1cc(NC2CCN(C(=O)c3ccc(C(N)=O)cc3)CC2)cc(OC)c1. The highest BCUT2D eigenvalue weighted by atomic mass is 16.5. The normalized spacial score (nSPS) is 14.4. The Labute approximate surface area is 164 Å². The van der Waals surface area contributed by atoms with Gasteiger partial charge in [-0.2, -0.15) is 0 Å². The minimum Gasteiger partial charge on any atom is -0.497 e. The molecule has 3 rings (SSSR count). The van der Waals surface area contributed by atoms with Crippen LogP contribution >= 0.6 is 0 Å². The van der Waals surface area contributed by atoms with Gasteiger partial charge in [0.25, 0.3) is 5.91 Å². The summed E-state index contributed by atoms with van der Waals surface area (Å²) in [6, 6.07) is 12.4. The van der Waals surface area contributed by atoms with Gasteiger partial charge < -0.3 is 25.4 Å². The molecular formula is C21H25N3O4. The van der Waals surface area contributed by atoms with Crippen molar-refractivity contribution in [1.29, 1.82) is 0 Å². The quantitative estimate of drug-likeness (QED) is 0.799. The molecule has 2 amide bonds. The van der Waals surface area contributed by atoms with E-state index < -0.39 is 5.91 Å². The Bertz CT molecular complexity index is 821. The van der Waals surface area contributed by atoms with Crippen LogP contribution in [0, 0.1) is 0 Å². The average molecular weight is 383 g/mol. The first kappa shape index (κ1) is 19.5. The summed E-state index contributed by atoms with van der Waals surface area (Å²) < 4.78 is 10.6. The molecule has 1 fully saturated rings. The van der Waals surface area contributed by atoms with Crippen LogP contribution in [0.15, 0.2) is 42.5 Å². The van der Waals surface area contributed by atoms with Crippen LogP contribution in [0.5, 0.6) is 11.5 Å². The first-order valence-electron chi connectivity index (χ1n) is 9.19. The molecule has 0 radical (unpaired) electrons. The van der Waals surface area contributed by atoms with Gasteiger partial charge in [0.05, 0.1) is 14.2 Å². The number of primary amides is 1. The second kappa shape index (κ2) is 8.65. The van der Waals surface area contributed by atoms with E-state index in [-0.39, 0.29) is 11.9 Å². The summed E-state index contributed by atoms with van der Waals surface area (Å²) >= 11 is 0. The molecule has 28 heavy (non-hydrogen) atoms. The van der Waals surface area contributed by atoms with Crippen LogP contribution in [-0.2, 0) is 0 Å². The number of amides is 2. The molecule has 0 aromatic heterocycles. The van der Waals surface area contributed by atoms with E-state index in [1.54, 1.807) is 38.5 Å². The molecule has 2 aromatic rings. The maximum absolute atomic E-state index is 12.7. The van der Waals surface area contributed by atoms with Crippen LogP contribution in [0.1, 0.15) is 33.6 Å². The van der Waals surface area contributed by atoms with Gasteiger partial charge in [-0.05, 0) is 37.1 Å². The standard InChI is InChI=1S/C21H25N3O4/c1-27-18-11-17(12-19(13-18)28-2)23-16-7-9-24(10-8-16)21(26)15-5-3-14(4-6-15)20(22)25/h3-6,11-13,16,23H,7-10H2,1-2H3,(H2,22,25). The predicted molar refractivity (Wildman–Crippen MR) is 107 cm³/mol. The first-order valence-corrected chi connectivity index (χ1v) is 9.19. The number of nitrogens with two attached hydrogens (primary N) is 1. The van der Waals surface area contributed by atoms with E-state index in [1.807, 2.05) is 23.1 Å². The van der Waals surface area contributed by atoms with E-state index >= 15 is 0 Å². The van der Waals surface area contributed by atoms with Gasteiger partial charge in [-0.15, -0.1) is 0 Å². The van der Waals surface area contributed by atoms with E-state index in [2.05, 4.69) is 5.32 Å². The van der Waals surface area contributed by atoms with Crippen molar-refractivity contribution in [2.24, 2.45) is 5.73 Å². The number of hydrogen-bond acceptors (Lipinski definition) is 5. The molecule has 1 aliphatic rings. The summed E-state index contributed by atoms with van der Waals surface area (Å²) in [5.74, 6) is 0.931. The van der Waals surface area contributed by atoms with Crippen molar-refractivity contribution >= 4 is 17.5 Å². The Hall–Kier alpha value is -3.22. The number of rotatable bonds is 6. The van der Waals surface area contributed by atoms with E-state index in [1.165, 1.54) is 0 Å².